The van der Waals surface area contributed by atoms with Gasteiger partial charge in [0.15, 0.2) is 0 Å². The summed E-state index contributed by atoms with van der Waals surface area (Å²) in [5, 5.41) is 2.80. The molecular formula is C24H28N4O4. The topological polar surface area (TPSA) is 74.4 Å². The fourth-order valence-electron chi connectivity index (χ4n) is 4.44. The quantitative estimate of drug-likeness (QED) is 0.795. The van der Waals surface area contributed by atoms with Crippen LogP contribution >= 0.6 is 0 Å². The predicted molar refractivity (Wildman–Crippen MR) is 120 cm³/mol. The largest absolute Gasteiger partial charge is 0.491 e. The summed E-state index contributed by atoms with van der Waals surface area (Å²) in [6.45, 7) is 6.97. The molecule has 2 saturated heterocycles. The summed E-state index contributed by atoms with van der Waals surface area (Å²) < 4.78 is 11.4. The van der Waals surface area contributed by atoms with E-state index in [1.54, 1.807) is 17.0 Å². The summed E-state index contributed by atoms with van der Waals surface area (Å²) in [4.78, 5) is 31.2. The molecule has 5 rings (SSSR count). The number of carbonyl (C=O) groups is 2. The first-order chi connectivity index (χ1) is 15.7. The average Bonchev–Trinajstić information content (AvgIpc) is 3.14. The van der Waals surface area contributed by atoms with Crippen molar-refractivity contribution in [2.45, 2.75) is 13.1 Å². The molecule has 0 atom stereocenters. The maximum atomic E-state index is 13.3. The molecular weight excluding hydrogens is 408 g/mol. The maximum absolute atomic E-state index is 13.3. The summed E-state index contributed by atoms with van der Waals surface area (Å²) in [5.74, 6) is 0.787. The van der Waals surface area contributed by atoms with Crippen molar-refractivity contribution in [2.24, 2.45) is 0 Å². The van der Waals surface area contributed by atoms with E-state index in [1.807, 2.05) is 23.1 Å². The Hall–Kier alpha value is -3.10. The van der Waals surface area contributed by atoms with Crippen molar-refractivity contribution in [1.29, 1.82) is 0 Å². The van der Waals surface area contributed by atoms with Gasteiger partial charge in [-0.05, 0) is 35.9 Å². The van der Waals surface area contributed by atoms with Crippen LogP contribution in [0.2, 0.25) is 0 Å². The van der Waals surface area contributed by atoms with Gasteiger partial charge in [-0.1, -0.05) is 12.1 Å². The van der Waals surface area contributed by atoms with Gasteiger partial charge in [0.2, 0.25) is 0 Å². The van der Waals surface area contributed by atoms with Crippen molar-refractivity contribution < 1.29 is 19.1 Å². The third-order valence-corrected chi connectivity index (χ3v) is 6.16. The van der Waals surface area contributed by atoms with Crippen LogP contribution < -0.4 is 15.0 Å². The minimum absolute atomic E-state index is 0.0542. The van der Waals surface area contributed by atoms with Gasteiger partial charge in [0.05, 0.1) is 19.8 Å². The number of hydrogen-bond donors (Lipinski definition) is 1. The van der Waals surface area contributed by atoms with Crippen LogP contribution in [-0.2, 0) is 17.8 Å². The number of fused-ring (bicyclic) bond motifs is 1. The van der Waals surface area contributed by atoms with Crippen LogP contribution in [0.1, 0.15) is 21.5 Å². The van der Waals surface area contributed by atoms with Crippen LogP contribution in [0.15, 0.2) is 42.5 Å². The lowest BCUT2D eigenvalue weighted by Crippen LogP contribution is -2.35. The van der Waals surface area contributed by atoms with Crippen molar-refractivity contribution in [2.75, 3.05) is 57.4 Å². The lowest BCUT2D eigenvalue weighted by Gasteiger charge is -2.27. The molecule has 0 aliphatic carbocycles. The number of carbonyl (C=O) groups excluding carboxylic acids is 2. The van der Waals surface area contributed by atoms with E-state index in [4.69, 9.17) is 9.47 Å². The molecule has 2 aromatic carbocycles. The molecule has 0 unspecified atom stereocenters. The van der Waals surface area contributed by atoms with Crippen molar-refractivity contribution in [1.82, 2.24) is 15.1 Å². The van der Waals surface area contributed by atoms with Crippen LogP contribution in [0.3, 0.4) is 0 Å². The molecule has 168 valence electrons. The average molecular weight is 437 g/mol. The number of morpholine rings is 1. The lowest BCUT2D eigenvalue weighted by atomic mass is 10.1. The zero-order valence-corrected chi connectivity index (χ0v) is 18.1. The van der Waals surface area contributed by atoms with Crippen LogP contribution in [0.5, 0.6) is 5.75 Å². The standard InChI is InChI=1S/C24H28N4O4/c29-23(19-2-1-3-21(15-19)28-7-6-25-24(28)30)27-10-13-32-22-5-4-18(14-20(22)17-27)16-26-8-11-31-12-9-26/h1-5,14-15H,6-13,16-17H2,(H,25,30). The number of nitrogens with zero attached hydrogens (tertiary/aromatic N) is 3. The molecule has 0 bridgehead atoms. The van der Waals surface area contributed by atoms with Gasteiger partial charge in [-0.2, -0.15) is 0 Å². The highest BCUT2D eigenvalue weighted by molar-refractivity contribution is 5.98. The van der Waals surface area contributed by atoms with E-state index < -0.39 is 0 Å². The Bertz CT molecular complexity index is 1010. The van der Waals surface area contributed by atoms with Crippen molar-refractivity contribution in [3.63, 3.8) is 0 Å². The molecule has 0 spiro atoms. The smallest absolute Gasteiger partial charge is 0.321 e. The summed E-state index contributed by atoms with van der Waals surface area (Å²) in [5.41, 5.74) is 3.56. The molecule has 3 aliphatic heterocycles. The van der Waals surface area contributed by atoms with Gasteiger partial charge in [-0.3, -0.25) is 14.6 Å². The second-order valence-corrected chi connectivity index (χ2v) is 8.34. The molecule has 1 N–H and O–H groups in total. The molecule has 2 aromatic rings. The van der Waals surface area contributed by atoms with Crippen LogP contribution in [0.25, 0.3) is 0 Å². The molecule has 0 aromatic heterocycles. The SMILES string of the molecule is O=C(c1cccc(N2CCNC2=O)c1)N1CCOc2ccc(CN3CCOCC3)cc2C1. The Morgan fingerprint density at radius 1 is 1.00 bits per heavy atom. The van der Waals surface area contributed by atoms with Crippen LogP contribution in [-0.4, -0.2) is 74.3 Å². The monoisotopic (exact) mass is 436 g/mol. The number of urea groups is 1. The Morgan fingerprint density at radius 2 is 1.88 bits per heavy atom. The molecule has 8 nitrogen and oxygen atoms in total. The summed E-state index contributed by atoms with van der Waals surface area (Å²) >= 11 is 0. The maximum Gasteiger partial charge on any atom is 0.321 e. The Balaban J connectivity index is 1.33. The number of amides is 3. The normalized spacial score (nSPS) is 19.2. The second-order valence-electron chi connectivity index (χ2n) is 8.34. The molecule has 3 amide bonds. The first-order valence-electron chi connectivity index (χ1n) is 11.2. The van der Waals surface area contributed by atoms with Gasteiger partial charge in [0.1, 0.15) is 12.4 Å². The van der Waals surface area contributed by atoms with E-state index in [-0.39, 0.29) is 11.9 Å². The minimum atomic E-state index is -0.125. The van der Waals surface area contributed by atoms with Crippen LogP contribution in [0, 0.1) is 0 Å². The Kier molecular flexibility index (Phi) is 5.96. The fourth-order valence-corrected chi connectivity index (χ4v) is 4.44. The first-order valence-corrected chi connectivity index (χ1v) is 11.2. The van der Waals surface area contributed by atoms with E-state index in [1.165, 1.54) is 5.56 Å². The number of benzene rings is 2. The number of ether oxygens (including phenoxy) is 2. The van der Waals surface area contributed by atoms with E-state index >= 15 is 0 Å². The zero-order chi connectivity index (χ0) is 21.9. The van der Waals surface area contributed by atoms with Crippen molar-refractivity contribution in [3.8, 4) is 5.75 Å². The molecule has 0 saturated carbocycles. The molecule has 8 heteroatoms. The van der Waals surface area contributed by atoms with Crippen LogP contribution in [0.4, 0.5) is 10.5 Å². The van der Waals surface area contributed by atoms with Gasteiger partial charge in [0.25, 0.3) is 5.91 Å². The molecule has 32 heavy (non-hydrogen) atoms. The van der Waals surface area contributed by atoms with E-state index in [0.29, 0.717) is 38.3 Å². The Morgan fingerprint density at radius 3 is 2.69 bits per heavy atom. The summed E-state index contributed by atoms with van der Waals surface area (Å²) in [6, 6.07) is 13.5. The predicted octanol–water partition coefficient (Wildman–Crippen LogP) is 2.08. The lowest BCUT2D eigenvalue weighted by molar-refractivity contribution is 0.0341. The number of hydrogen-bond acceptors (Lipinski definition) is 5. The van der Waals surface area contributed by atoms with Gasteiger partial charge < -0.3 is 19.7 Å². The number of rotatable bonds is 4. The highest BCUT2D eigenvalue weighted by Gasteiger charge is 2.25. The molecule has 2 fully saturated rings. The minimum Gasteiger partial charge on any atom is -0.491 e. The third kappa shape index (κ3) is 4.42. The first kappa shape index (κ1) is 20.8. The fraction of sp³-hybridized carbons (Fsp3) is 0.417. The molecule has 0 radical (unpaired) electrons. The second kappa shape index (κ2) is 9.18. The zero-order valence-electron chi connectivity index (χ0n) is 18.1. The van der Waals surface area contributed by atoms with E-state index in [9.17, 15) is 9.59 Å². The van der Waals surface area contributed by atoms with Crippen molar-refractivity contribution >= 4 is 17.6 Å². The Labute approximate surface area is 187 Å². The number of anilines is 1. The summed E-state index contributed by atoms with van der Waals surface area (Å²) in [6.07, 6.45) is 0. The highest BCUT2D eigenvalue weighted by Crippen LogP contribution is 2.27. The van der Waals surface area contributed by atoms with Gasteiger partial charge in [-0.15, -0.1) is 0 Å². The molecule has 3 heterocycles. The van der Waals surface area contributed by atoms with Gasteiger partial charge in [0, 0.05) is 56.1 Å². The van der Waals surface area contributed by atoms with Gasteiger partial charge >= 0.3 is 6.03 Å². The number of nitrogens with one attached hydrogen (secondary N) is 1. The third-order valence-electron chi connectivity index (χ3n) is 6.16. The van der Waals surface area contributed by atoms with Gasteiger partial charge in [-0.25, -0.2) is 4.79 Å². The summed E-state index contributed by atoms with van der Waals surface area (Å²) in [7, 11) is 0. The molecule has 3 aliphatic rings. The van der Waals surface area contributed by atoms with Crippen molar-refractivity contribution in [3.05, 3.63) is 59.2 Å². The van der Waals surface area contributed by atoms with E-state index in [0.717, 1.165) is 49.8 Å². The van der Waals surface area contributed by atoms with E-state index in [2.05, 4.69) is 22.3 Å². The highest BCUT2D eigenvalue weighted by atomic mass is 16.5.